The summed E-state index contributed by atoms with van der Waals surface area (Å²) in [6.07, 6.45) is 6.41. The van der Waals surface area contributed by atoms with Gasteiger partial charge in [-0.1, -0.05) is 5.92 Å². The number of ether oxygens (including phenoxy) is 2. The third-order valence-electron chi connectivity index (χ3n) is 3.61. The molecule has 1 aliphatic heterocycles. The van der Waals surface area contributed by atoms with Gasteiger partial charge in [0.15, 0.2) is 11.5 Å². The van der Waals surface area contributed by atoms with E-state index in [0.717, 1.165) is 24.5 Å². The molecule has 0 unspecified atom stereocenters. The molecule has 18 heavy (non-hydrogen) atoms. The molecule has 0 radical (unpaired) electrons. The predicted octanol–water partition coefficient (Wildman–Crippen LogP) is 2.26. The topological polar surface area (TPSA) is 21.7 Å². The van der Waals surface area contributed by atoms with Gasteiger partial charge in [0.2, 0.25) is 0 Å². The van der Waals surface area contributed by atoms with E-state index in [0.29, 0.717) is 12.6 Å². The van der Waals surface area contributed by atoms with Crippen molar-refractivity contribution in [3.63, 3.8) is 0 Å². The van der Waals surface area contributed by atoms with Gasteiger partial charge >= 0.3 is 0 Å². The number of nitrogens with zero attached hydrogens (tertiary/aromatic N) is 1. The first-order valence-corrected chi connectivity index (χ1v) is 6.13. The largest absolute Gasteiger partial charge is 0.493 e. The van der Waals surface area contributed by atoms with E-state index in [1.54, 1.807) is 14.2 Å². The number of hydrogen-bond donors (Lipinski definition) is 0. The van der Waals surface area contributed by atoms with Gasteiger partial charge in [0.25, 0.3) is 0 Å². The molecule has 3 heteroatoms. The molecule has 2 rings (SSSR count). The van der Waals surface area contributed by atoms with E-state index in [2.05, 4.69) is 29.9 Å². The van der Waals surface area contributed by atoms with Crippen LogP contribution in [0, 0.1) is 12.3 Å². The minimum atomic E-state index is 0.324. The molecule has 0 saturated heterocycles. The first-order chi connectivity index (χ1) is 8.71. The molecule has 0 amide bonds. The van der Waals surface area contributed by atoms with Crippen molar-refractivity contribution in [1.82, 2.24) is 4.90 Å². The molecule has 0 aliphatic carbocycles. The molecule has 96 valence electrons. The van der Waals surface area contributed by atoms with Crippen LogP contribution in [0.5, 0.6) is 11.5 Å². The highest BCUT2D eigenvalue weighted by molar-refractivity contribution is 5.49. The van der Waals surface area contributed by atoms with Gasteiger partial charge in [-0.15, -0.1) is 6.42 Å². The first-order valence-electron chi connectivity index (χ1n) is 6.13. The molecule has 1 aliphatic rings. The normalized spacial score (nSPS) is 18.9. The number of benzene rings is 1. The highest BCUT2D eigenvalue weighted by atomic mass is 16.5. The monoisotopic (exact) mass is 245 g/mol. The van der Waals surface area contributed by atoms with Gasteiger partial charge in [-0.25, -0.2) is 0 Å². The Morgan fingerprint density at radius 1 is 1.33 bits per heavy atom. The Bertz CT molecular complexity index is 476. The van der Waals surface area contributed by atoms with Gasteiger partial charge in [0.1, 0.15) is 0 Å². The lowest BCUT2D eigenvalue weighted by molar-refractivity contribution is 0.223. The fourth-order valence-electron chi connectivity index (χ4n) is 2.53. The molecule has 0 N–H and O–H groups in total. The Balaban J connectivity index is 2.39. The van der Waals surface area contributed by atoms with Crippen LogP contribution in [-0.2, 0) is 6.42 Å². The standard InChI is InChI=1S/C15H19NO2/c1-5-7-16-8-6-12-9-14(17-3)15(18-4)10-13(12)11(16)2/h1,9-11H,6-8H2,2-4H3/t11-/m0/s1. The second-order valence-corrected chi connectivity index (χ2v) is 4.51. The average Bonchev–Trinajstić information content (AvgIpc) is 2.41. The van der Waals surface area contributed by atoms with Crippen LogP contribution < -0.4 is 9.47 Å². The van der Waals surface area contributed by atoms with Crippen LogP contribution in [0.4, 0.5) is 0 Å². The van der Waals surface area contributed by atoms with Crippen molar-refractivity contribution in [3.8, 4) is 23.8 Å². The summed E-state index contributed by atoms with van der Waals surface area (Å²) in [4.78, 5) is 2.30. The van der Waals surface area contributed by atoms with Gasteiger partial charge in [0, 0.05) is 12.6 Å². The summed E-state index contributed by atoms with van der Waals surface area (Å²) in [6, 6.07) is 4.48. The zero-order valence-corrected chi connectivity index (χ0v) is 11.2. The van der Waals surface area contributed by atoms with Crippen molar-refractivity contribution < 1.29 is 9.47 Å². The van der Waals surface area contributed by atoms with Crippen molar-refractivity contribution in [1.29, 1.82) is 0 Å². The van der Waals surface area contributed by atoms with Gasteiger partial charge in [0.05, 0.1) is 20.8 Å². The Labute approximate surface area is 109 Å². The molecular formula is C15H19NO2. The summed E-state index contributed by atoms with van der Waals surface area (Å²) in [5.74, 6) is 4.30. The van der Waals surface area contributed by atoms with Gasteiger partial charge in [-0.05, 0) is 36.6 Å². The second kappa shape index (κ2) is 5.32. The molecule has 1 heterocycles. The lowest BCUT2D eigenvalue weighted by atomic mass is 9.93. The van der Waals surface area contributed by atoms with Crippen LogP contribution in [0.2, 0.25) is 0 Å². The molecule has 1 aromatic rings. The molecule has 0 spiro atoms. The highest BCUT2D eigenvalue weighted by Gasteiger charge is 2.25. The third kappa shape index (κ3) is 2.16. The minimum Gasteiger partial charge on any atom is -0.493 e. The molecule has 0 bridgehead atoms. The SMILES string of the molecule is C#CCN1CCc2cc(OC)c(OC)cc2[C@@H]1C. The Kier molecular flexibility index (Phi) is 3.78. The molecule has 1 atom stereocenters. The molecule has 1 aromatic carbocycles. The van der Waals surface area contributed by atoms with Gasteiger partial charge < -0.3 is 9.47 Å². The van der Waals surface area contributed by atoms with Crippen LogP contribution in [0.3, 0.4) is 0 Å². The lowest BCUT2D eigenvalue weighted by Gasteiger charge is -2.34. The fourth-order valence-corrected chi connectivity index (χ4v) is 2.53. The van der Waals surface area contributed by atoms with Crippen molar-refractivity contribution >= 4 is 0 Å². The number of hydrogen-bond acceptors (Lipinski definition) is 3. The Morgan fingerprint density at radius 3 is 2.61 bits per heavy atom. The maximum absolute atomic E-state index is 5.41. The zero-order chi connectivity index (χ0) is 13.1. The molecule has 3 nitrogen and oxygen atoms in total. The predicted molar refractivity (Wildman–Crippen MR) is 72.1 cm³/mol. The third-order valence-corrected chi connectivity index (χ3v) is 3.61. The van der Waals surface area contributed by atoms with Crippen LogP contribution in [0.15, 0.2) is 12.1 Å². The summed E-state index contributed by atoms with van der Waals surface area (Å²) in [5, 5.41) is 0. The minimum absolute atomic E-state index is 0.324. The van der Waals surface area contributed by atoms with E-state index < -0.39 is 0 Å². The smallest absolute Gasteiger partial charge is 0.161 e. The molecule has 0 fully saturated rings. The lowest BCUT2D eigenvalue weighted by Crippen LogP contribution is -2.34. The summed E-state index contributed by atoms with van der Waals surface area (Å²) in [5.41, 5.74) is 2.61. The summed E-state index contributed by atoms with van der Waals surface area (Å²) < 4.78 is 10.7. The van der Waals surface area contributed by atoms with E-state index in [9.17, 15) is 0 Å². The zero-order valence-electron chi connectivity index (χ0n) is 11.2. The second-order valence-electron chi connectivity index (χ2n) is 4.51. The van der Waals surface area contributed by atoms with E-state index in [4.69, 9.17) is 15.9 Å². The van der Waals surface area contributed by atoms with E-state index in [-0.39, 0.29) is 0 Å². The summed E-state index contributed by atoms with van der Waals surface area (Å²) in [6.45, 7) is 3.87. The summed E-state index contributed by atoms with van der Waals surface area (Å²) in [7, 11) is 3.33. The maximum Gasteiger partial charge on any atom is 0.161 e. The van der Waals surface area contributed by atoms with E-state index in [1.807, 2.05) is 0 Å². The Hall–Kier alpha value is -1.66. The number of fused-ring (bicyclic) bond motifs is 1. The molecule has 0 aromatic heterocycles. The van der Waals surface area contributed by atoms with Crippen molar-refractivity contribution in [2.45, 2.75) is 19.4 Å². The number of methoxy groups -OCH3 is 2. The van der Waals surface area contributed by atoms with E-state index in [1.165, 1.54) is 11.1 Å². The van der Waals surface area contributed by atoms with Gasteiger partial charge in [-0.2, -0.15) is 0 Å². The summed E-state index contributed by atoms with van der Waals surface area (Å²) >= 11 is 0. The van der Waals surface area contributed by atoms with Crippen molar-refractivity contribution in [3.05, 3.63) is 23.3 Å². The van der Waals surface area contributed by atoms with Crippen molar-refractivity contribution in [2.75, 3.05) is 27.3 Å². The molecular weight excluding hydrogens is 226 g/mol. The van der Waals surface area contributed by atoms with Crippen LogP contribution in [0.25, 0.3) is 0 Å². The number of terminal acetylenes is 1. The quantitative estimate of drug-likeness (QED) is 0.762. The average molecular weight is 245 g/mol. The Morgan fingerprint density at radius 2 is 2.00 bits per heavy atom. The van der Waals surface area contributed by atoms with Crippen LogP contribution in [0.1, 0.15) is 24.1 Å². The van der Waals surface area contributed by atoms with E-state index >= 15 is 0 Å². The number of rotatable bonds is 3. The van der Waals surface area contributed by atoms with Gasteiger partial charge in [-0.3, -0.25) is 4.90 Å². The first kappa shape index (κ1) is 12.8. The van der Waals surface area contributed by atoms with Crippen molar-refractivity contribution in [2.24, 2.45) is 0 Å². The van der Waals surface area contributed by atoms with Crippen LogP contribution >= 0.6 is 0 Å². The van der Waals surface area contributed by atoms with Crippen LogP contribution in [-0.4, -0.2) is 32.2 Å². The molecule has 0 saturated carbocycles. The highest BCUT2D eigenvalue weighted by Crippen LogP contribution is 2.37. The maximum atomic E-state index is 5.41. The fraction of sp³-hybridized carbons (Fsp3) is 0.467.